The van der Waals surface area contributed by atoms with Gasteiger partial charge < -0.3 is 15.6 Å². The lowest BCUT2D eigenvalue weighted by Crippen LogP contribution is -2.41. The Labute approximate surface area is 107 Å². The minimum Gasteiger partial charge on any atom is -0.369 e. The summed E-state index contributed by atoms with van der Waals surface area (Å²) in [6.45, 7) is 2.50. The molecular weight excluding hydrogens is 230 g/mol. The Hall–Kier alpha value is -1.36. The number of amides is 1. The molecule has 1 aromatic heterocycles. The molecule has 2 rings (SSSR count). The van der Waals surface area contributed by atoms with E-state index in [0.29, 0.717) is 6.54 Å². The molecule has 18 heavy (non-hydrogen) atoms. The zero-order chi connectivity index (χ0) is 13.0. The summed E-state index contributed by atoms with van der Waals surface area (Å²) in [6.07, 6.45) is 5.33. The molecule has 1 saturated carbocycles. The molecule has 5 heteroatoms. The number of hydrogen-bond donors (Lipinski definition) is 2. The maximum atomic E-state index is 11.5. The van der Waals surface area contributed by atoms with Crippen LogP contribution in [0.5, 0.6) is 0 Å². The molecule has 0 unspecified atom stereocenters. The normalized spacial score (nSPS) is 24.7. The summed E-state index contributed by atoms with van der Waals surface area (Å²) in [4.78, 5) is 11.5. The van der Waals surface area contributed by atoms with Gasteiger partial charge in [0.1, 0.15) is 5.76 Å². The summed E-state index contributed by atoms with van der Waals surface area (Å²) in [6, 6.07) is 2.07. The second-order valence-electron chi connectivity index (χ2n) is 5.06. The first-order valence-corrected chi connectivity index (χ1v) is 6.61. The molecule has 100 valence electrons. The molecule has 1 amide bonds. The number of hydrogen-bond acceptors (Lipinski definition) is 4. The molecule has 1 fully saturated rings. The number of aryl methyl sites for hydroxylation is 1. The summed E-state index contributed by atoms with van der Waals surface area (Å²) in [5.41, 5.74) is 6.36. The number of aromatic nitrogens is 1. The van der Waals surface area contributed by atoms with Crippen molar-refractivity contribution in [3.05, 3.63) is 17.5 Å². The van der Waals surface area contributed by atoms with E-state index in [1.807, 2.05) is 13.0 Å². The van der Waals surface area contributed by atoms with Crippen LogP contribution in [0.2, 0.25) is 0 Å². The van der Waals surface area contributed by atoms with Crippen molar-refractivity contribution < 1.29 is 9.32 Å². The van der Waals surface area contributed by atoms with Crippen molar-refractivity contribution in [2.45, 2.75) is 51.6 Å². The van der Waals surface area contributed by atoms with Crippen molar-refractivity contribution in [2.75, 3.05) is 0 Å². The van der Waals surface area contributed by atoms with Gasteiger partial charge >= 0.3 is 0 Å². The van der Waals surface area contributed by atoms with Gasteiger partial charge in [-0.15, -0.1) is 0 Å². The van der Waals surface area contributed by atoms with Crippen molar-refractivity contribution in [3.8, 4) is 0 Å². The van der Waals surface area contributed by atoms with Gasteiger partial charge in [-0.25, -0.2) is 0 Å². The predicted molar refractivity (Wildman–Crippen MR) is 67.6 cm³/mol. The fourth-order valence-electron chi connectivity index (χ4n) is 2.63. The lowest BCUT2D eigenvalue weighted by atomic mass is 9.94. The van der Waals surface area contributed by atoms with E-state index in [4.69, 9.17) is 10.3 Å². The second-order valence-corrected chi connectivity index (χ2v) is 5.06. The fourth-order valence-corrected chi connectivity index (χ4v) is 2.63. The average molecular weight is 251 g/mol. The molecule has 1 aliphatic rings. The third kappa shape index (κ3) is 3.32. The second kappa shape index (κ2) is 6.00. The average Bonchev–Trinajstić information content (AvgIpc) is 2.62. The molecule has 1 aliphatic carbocycles. The zero-order valence-corrected chi connectivity index (χ0v) is 10.8. The summed E-state index contributed by atoms with van der Waals surface area (Å²) in [7, 11) is 0. The molecule has 2 atom stereocenters. The van der Waals surface area contributed by atoms with Crippen LogP contribution in [0.1, 0.15) is 43.6 Å². The van der Waals surface area contributed by atoms with Gasteiger partial charge in [0.25, 0.3) is 0 Å². The molecule has 0 bridgehead atoms. The Morgan fingerprint density at radius 3 is 2.94 bits per heavy atom. The Bertz CT molecular complexity index is 403. The number of nitrogens with two attached hydrogens (primary N) is 1. The third-order valence-corrected chi connectivity index (χ3v) is 3.60. The Kier molecular flexibility index (Phi) is 4.36. The van der Waals surface area contributed by atoms with Gasteiger partial charge in [0.15, 0.2) is 0 Å². The van der Waals surface area contributed by atoms with Crippen molar-refractivity contribution >= 4 is 5.91 Å². The topological polar surface area (TPSA) is 81.1 Å². The first kappa shape index (κ1) is 13.1. The van der Waals surface area contributed by atoms with Crippen LogP contribution in [0.25, 0.3) is 0 Å². The monoisotopic (exact) mass is 251 g/mol. The van der Waals surface area contributed by atoms with Crippen molar-refractivity contribution in [1.82, 2.24) is 10.5 Å². The van der Waals surface area contributed by atoms with E-state index < -0.39 is 0 Å². The van der Waals surface area contributed by atoms with Crippen molar-refractivity contribution in [1.29, 1.82) is 0 Å². The number of primary amides is 1. The number of nitrogens with one attached hydrogen (secondary N) is 1. The molecule has 0 aromatic carbocycles. The van der Waals surface area contributed by atoms with Gasteiger partial charge in [-0.1, -0.05) is 24.4 Å². The molecule has 0 saturated heterocycles. The van der Waals surface area contributed by atoms with Gasteiger partial charge in [0, 0.05) is 18.7 Å². The van der Waals surface area contributed by atoms with E-state index in [2.05, 4.69) is 10.5 Å². The van der Waals surface area contributed by atoms with Gasteiger partial charge in [0.05, 0.1) is 11.6 Å². The van der Waals surface area contributed by atoms with Crippen LogP contribution in [0.3, 0.4) is 0 Å². The Balaban J connectivity index is 1.94. The summed E-state index contributed by atoms with van der Waals surface area (Å²) < 4.78 is 5.02. The minimum atomic E-state index is -0.189. The van der Waals surface area contributed by atoms with E-state index in [0.717, 1.165) is 37.1 Å². The first-order chi connectivity index (χ1) is 8.66. The molecule has 1 aromatic rings. The summed E-state index contributed by atoms with van der Waals surface area (Å²) in [5.74, 6) is 0.561. The summed E-state index contributed by atoms with van der Waals surface area (Å²) >= 11 is 0. The van der Waals surface area contributed by atoms with E-state index in [1.165, 1.54) is 6.42 Å². The quantitative estimate of drug-likeness (QED) is 0.795. The number of carbonyl (C=O) groups excluding carboxylic acids is 1. The van der Waals surface area contributed by atoms with Crippen LogP contribution >= 0.6 is 0 Å². The Morgan fingerprint density at radius 2 is 2.28 bits per heavy atom. The largest absolute Gasteiger partial charge is 0.369 e. The van der Waals surface area contributed by atoms with Gasteiger partial charge in [0.2, 0.25) is 5.91 Å². The third-order valence-electron chi connectivity index (χ3n) is 3.60. The molecule has 5 nitrogen and oxygen atoms in total. The molecular formula is C13H21N3O2. The molecule has 0 aliphatic heterocycles. The molecule has 3 N–H and O–H groups in total. The minimum absolute atomic E-state index is 0.0551. The highest BCUT2D eigenvalue weighted by molar-refractivity contribution is 5.77. The smallest absolute Gasteiger partial charge is 0.222 e. The van der Waals surface area contributed by atoms with Gasteiger partial charge in [-0.05, 0) is 19.8 Å². The lowest BCUT2D eigenvalue weighted by Gasteiger charge is -2.23. The van der Waals surface area contributed by atoms with Gasteiger partial charge in [-0.2, -0.15) is 0 Å². The van der Waals surface area contributed by atoms with Crippen LogP contribution in [0.15, 0.2) is 10.6 Å². The number of nitrogens with zero attached hydrogens (tertiary/aromatic N) is 1. The maximum Gasteiger partial charge on any atom is 0.222 e. The van der Waals surface area contributed by atoms with Crippen LogP contribution in [0.4, 0.5) is 0 Å². The lowest BCUT2D eigenvalue weighted by molar-refractivity contribution is -0.122. The van der Waals surface area contributed by atoms with Crippen LogP contribution in [0, 0.1) is 12.8 Å². The highest BCUT2D eigenvalue weighted by atomic mass is 16.5. The zero-order valence-electron chi connectivity index (χ0n) is 10.8. The Morgan fingerprint density at radius 1 is 1.50 bits per heavy atom. The van der Waals surface area contributed by atoms with E-state index in [1.54, 1.807) is 0 Å². The van der Waals surface area contributed by atoms with Crippen LogP contribution in [-0.2, 0) is 11.3 Å². The van der Waals surface area contributed by atoms with Crippen LogP contribution < -0.4 is 11.1 Å². The molecule has 0 radical (unpaired) electrons. The molecule has 1 heterocycles. The van der Waals surface area contributed by atoms with Gasteiger partial charge in [-0.3, -0.25) is 4.79 Å². The number of rotatable bonds is 4. The maximum absolute atomic E-state index is 11.5. The van der Waals surface area contributed by atoms with Crippen molar-refractivity contribution in [2.24, 2.45) is 11.7 Å². The highest BCUT2D eigenvalue weighted by Gasteiger charge is 2.27. The summed E-state index contributed by atoms with van der Waals surface area (Å²) in [5, 5.41) is 7.34. The van der Waals surface area contributed by atoms with Crippen LogP contribution in [-0.4, -0.2) is 17.1 Å². The fraction of sp³-hybridized carbons (Fsp3) is 0.692. The highest BCUT2D eigenvalue weighted by Crippen LogP contribution is 2.23. The number of carbonyl (C=O) groups is 1. The SMILES string of the molecule is Cc1cc(CN[C@H]2CCCCC[C@@H]2C(N)=O)no1. The van der Waals surface area contributed by atoms with E-state index in [9.17, 15) is 4.79 Å². The molecule has 0 spiro atoms. The van der Waals surface area contributed by atoms with Crippen molar-refractivity contribution in [3.63, 3.8) is 0 Å². The van der Waals surface area contributed by atoms with E-state index in [-0.39, 0.29) is 17.9 Å². The van der Waals surface area contributed by atoms with E-state index >= 15 is 0 Å². The standard InChI is InChI=1S/C13H21N3O2/c1-9-7-10(16-18-9)8-15-12-6-4-2-3-5-11(12)13(14)17/h7,11-12,15H,2-6,8H2,1H3,(H2,14,17)/t11-,12-/m0/s1. The first-order valence-electron chi connectivity index (χ1n) is 6.61. The predicted octanol–water partition coefficient (Wildman–Crippen LogP) is 1.51.